The van der Waals surface area contributed by atoms with Gasteiger partial charge in [-0.05, 0) is 37.1 Å². The molecule has 0 saturated carbocycles. The Bertz CT molecular complexity index is 698. The van der Waals surface area contributed by atoms with Gasteiger partial charge in [0.25, 0.3) is 5.91 Å². The van der Waals surface area contributed by atoms with Gasteiger partial charge >= 0.3 is 6.18 Å². The predicted octanol–water partition coefficient (Wildman–Crippen LogP) is 3.09. The topological polar surface area (TPSA) is 56.2 Å². The van der Waals surface area contributed by atoms with Crippen molar-refractivity contribution < 1.29 is 22.7 Å². The highest BCUT2D eigenvalue weighted by Crippen LogP contribution is 2.16. The molecule has 0 bridgehead atoms. The van der Waals surface area contributed by atoms with E-state index in [-0.39, 0.29) is 12.5 Å². The number of aromatic nitrogens is 2. The Labute approximate surface area is 143 Å². The van der Waals surface area contributed by atoms with Gasteiger partial charge in [0, 0.05) is 30.5 Å². The van der Waals surface area contributed by atoms with E-state index in [1.807, 2.05) is 17.7 Å². The molecule has 1 aromatic carbocycles. The summed E-state index contributed by atoms with van der Waals surface area (Å²) >= 11 is 0. The molecule has 0 aliphatic rings. The highest BCUT2D eigenvalue weighted by molar-refractivity contribution is 5.94. The molecule has 2 rings (SSSR count). The van der Waals surface area contributed by atoms with E-state index in [0.29, 0.717) is 24.2 Å². The first-order valence-corrected chi connectivity index (χ1v) is 7.85. The zero-order valence-electron chi connectivity index (χ0n) is 13.8. The van der Waals surface area contributed by atoms with Crippen LogP contribution in [0.2, 0.25) is 0 Å². The monoisotopic (exact) mass is 355 g/mol. The van der Waals surface area contributed by atoms with E-state index < -0.39 is 12.8 Å². The van der Waals surface area contributed by atoms with Gasteiger partial charge in [-0.3, -0.25) is 9.48 Å². The quantitative estimate of drug-likeness (QED) is 0.741. The van der Waals surface area contributed by atoms with Crippen LogP contribution in [0.5, 0.6) is 0 Å². The normalized spacial score (nSPS) is 11.5. The minimum absolute atomic E-state index is 0.195. The van der Waals surface area contributed by atoms with E-state index >= 15 is 0 Å². The number of hydrogen-bond acceptors (Lipinski definition) is 3. The molecule has 0 aliphatic carbocycles. The van der Waals surface area contributed by atoms with Crippen molar-refractivity contribution in [3.8, 4) is 0 Å². The molecule has 0 spiro atoms. The molecule has 2 aromatic rings. The molecule has 5 nitrogen and oxygen atoms in total. The summed E-state index contributed by atoms with van der Waals surface area (Å²) in [7, 11) is 0. The summed E-state index contributed by atoms with van der Waals surface area (Å²) in [5.74, 6) is -0.269. The first-order valence-electron chi connectivity index (χ1n) is 7.85. The van der Waals surface area contributed by atoms with Crippen molar-refractivity contribution in [2.24, 2.45) is 0 Å². The lowest BCUT2D eigenvalue weighted by Crippen LogP contribution is -2.25. The molecule has 0 unspecified atom stereocenters. The Balaban J connectivity index is 1.77. The van der Waals surface area contributed by atoms with E-state index in [4.69, 9.17) is 0 Å². The Kier molecular flexibility index (Phi) is 6.58. The van der Waals surface area contributed by atoms with Crippen LogP contribution in [-0.2, 0) is 17.9 Å². The molecule has 0 aliphatic heterocycles. The van der Waals surface area contributed by atoms with Gasteiger partial charge in [-0.2, -0.15) is 18.3 Å². The summed E-state index contributed by atoms with van der Waals surface area (Å²) in [6.07, 6.45) is -1.91. The van der Waals surface area contributed by atoms with Crippen LogP contribution in [0.1, 0.15) is 28.0 Å². The summed E-state index contributed by atoms with van der Waals surface area (Å²) < 4.78 is 42.7. The van der Waals surface area contributed by atoms with Crippen molar-refractivity contribution in [1.82, 2.24) is 15.1 Å². The van der Waals surface area contributed by atoms with Gasteiger partial charge in [-0.15, -0.1) is 0 Å². The van der Waals surface area contributed by atoms with Gasteiger partial charge in [0.05, 0.1) is 6.61 Å². The smallest absolute Gasteiger partial charge is 0.367 e. The average molecular weight is 355 g/mol. The van der Waals surface area contributed by atoms with Crippen LogP contribution < -0.4 is 5.32 Å². The molecule has 0 saturated heterocycles. The number of ether oxygens (including phenoxy) is 1. The molecule has 136 valence electrons. The molecule has 0 atom stereocenters. The van der Waals surface area contributed by atoms with Crippen LogP contribution >= 0.6 is 0 Å². The van der Waals surface area contributed by atoms with Crippen LogP contribution in [0, 0.1) is 6.92 Å². The Morgan fingerprint density at radius 3 is 2.80 bits per heavy atom. The Morgan fingerprint density at radius 1 is 1.32 bits per heavy atom. The second kappa shape index (κ2) is 8.66. The fraction of sp³-hybridized carbons (Fsp3) is 0.412. The maximum absolute atomic E-state index is 12.1. The summed E-state index contributed by atoms with van der Waals surface area (Å²) in [6, 6.07) is 8.29. The highest BCUT2D eigenvalue weighted by Gasteiger charge is 2.27. The number of aryl methyl sites for hydroxylation is 2. The van der Waals surface area contributed by atoms with Gasteiger partial charge in [0.1, 0.15) is 6.61 Å². The SMILES string of the molecule is Cc1ccnn1CCCNC(=O)c1cccc(COCC(F)(F)F)c1. The fourth-order valence-electron chi connectivity index (χ4n) is 2.25. The number of rotatable bonds is 8. The van der Waals surface area contributed by atoms with E-state index in [2.05, 4.69) is 15.2 Å². The molecule has 1 amide bonds. The molecular weight excluding hydrogens is 335 g/mol. The highest BCUT2D eigenvalue weighted by atomic mass is 19.4. The van der Waals surface area contributed by atoms with Gasteiger partial charge in [0.15, 0.2) is 0 Å². The van der Waals surface area contributed by atoms with Crippen molar-refractivity contribution in [3.63, 3.8) is 0 Å². The first-order chi connectivity index (χ1) is 11.8. The van der Waals surface area contributed by atoms with Crippen molar-refractivity contribution in [2.45, 2.75) is 32.7 Å². The summed E-state index contributed by atoms with van der Waals surface area (Å²) in [4.78, 5) is 12.1. The van der Waals surface area contributed by atoms with E-state index in [1.165, 1.54) is 6.07 Å². The molecule has 1 N–H and O–H groups in total. The summed E-state index contributed by atoms with van der Waals surface area (Å²) in [5.41, 5.74) is 1.96. The third-order valence-electron chi connectivity index (χ3n) is 3.48. The zero-order chi connectivity index (χ0) is 18.3. The third-order valence-corrected chi connectivity index (χ3v) is 3.48. The van der Waals surface area contributed by atoms with E-state index in [0.717, 1.165) is 12.1 Å². The standard InChI is InChI=1S/C17H20F3N3O2/c1-13-6-8-22-23(13)9-3-7-21-16(24)15-5-2-4-14(10-15)11-25-12-17(18,19)20/h2,4-6,8,10H,3,7,9,11-12H2,1H3,(H,21,24). The predicted molar refractivity (Wildman–Crippen MR) is 86.1 cm³/mol. The van der Waals surface area contributed by atoms with Crippen LogP contribution in [-0.4, -0.2) is 35.0 Å². The number of halogens is 3. The van der Waals surface area contributed by atoms with Gasteiger partial charge in [0.2, 0.25) is 0 Å². The Hall–Kier alpha value is -2.35. The third kappa shape index (κ3) is 6.58. The lowest BCUT2D eigenvalue weighted by Gasteiger charge is -2.09. The minimum Gasteiger partial charge on any atom is -0.367 e. The molecule has 8 heteroatoms. The van der Waals surface area contributed by atoms with Gasteiger partial charge in [-0.1, -0.05) is 12.1 Å². The Morgan fingerprint density at radius 2 is 2.12 bits per heavy atom. The largest absolute Gasteiger partial charge is 0.411 e. The molecule has 1 heterocycles. The van der Waals surface area contributed by atoms with Crippen molar-refractivity contribution in [1.29, 1.82) is 0 Å². The van der Waals surface area contributed by atoms with Crippen LogP contribution in [0.3, 0.4) is 0 Å². The van der Waals surface area contributed by atoms with Gasteiger partial charge in [-0.25, -0.2) is 0 Å². The number of carbonyl (C=O) groups is 1. The fourth-order valence-corrected chi connectivity index (χ4v) is 2.25. The number of nitrogens with one attached hydrogen (secondary N) is 1. The maximum atomic E-state index is 12.1. The molecule has 0 radical (unpaired) electrons. The molecular formula is C17H20F3N3O2. The summed E-state index contributed by atoms with van der Waals surface area (Å²) in [6.45, 7) is 1.63. The van der Waals surface area contributed by atoms with E-state index in [1.54, 1.807) is 24.4 Å². The van der Waals surface area contributed by atoms with Crippen molar-refractivity contribution in [2.75, 3.05) is 13.2 Å². The van der Waals surface area contributed by atoms with Crippen LogP contribution in [0.4, 0.5) is 13.2 Å². The number of hydrogen-bond donors (Lipinski definition) is 1. The molecule has 0 fully saturated rings. The average Bonchev–Trinajstić information content (AvgIpc) is 2.95. The lowest BCUT2D eigenvalue weighted by molar-refractivity contribution is -0.176. The van der Waals surface area contributed by atoms with Crippen LogP contribution in [0.25, 0.3) is 0 Å². The number of nitrogens with zero attached hydrogens (tertiary/aromatic N) is 2. The maximum Gasteiger partial charge on any atom is 0.411 e. The number of carbonyl (C=O) groups excluding carboxylic acids is 1. The zero-order valence-corrected chi connectivity index (χ0v) is 13.8. The van der Waals surface area contributed by atoms with Crippen LogP contribution in [0.15, 0.2) is 36.5 Å². The van der Waals surface area contributed by atoms with Crippen molar-refractivity contribution >= 4 is 5.91 Å². The first kappa shape index (κ1) is 19.0. The minimum atomic E-state index is -4.36. The van der Waals surface area contributed by atoms with Gasteiger partial charge < -0.3 is 10.1 Å². The summed E-state index contributed by atoms with van der Waals surface area (Å²) in [5, 5.41) is 6.95. The second-order valence-corrected chi connectivity index (χ2v) is 5.61. The molecule has 25 heavy (non-hydrogen) atoms. The second-order valence-electron chi connectivity index (χ2n) is 5.61. The number of amides is 1. The molecule has 1 aromatic heterocycles. The van der Waals surface area contributed by atoms with Crippen molar-refractivity contribution in [3.05, 3.63) is 53.3 Å². The van der Waals surface area contributed by atoms with E-state index in [9.17, 15) is 18.0 Å². The number of benzene rings is 1. The lowest BCUT2D eigenvalue weighted by atomic mass is 10.1. The number of alkyl halides is 3.